The summed E-state index contributed by atoms with van der Waals surface area (Å²) in [6.07, 6.45) is 0. The number of nitro groups is 1. The number of nitrogens with zero attached hydrogens (tertiary/aromatic N) is 1. The third kappa shape index (κ3) is 3.72. The maximum atomic E-state index is 12.5. The van der Waals surface area contributed by atoms with E-state index in [4.69, 9.17) is 9.15 Å². The van der Waals surface area contributed by atoms with Gasteiger partial charge in [0, 0.05) is 0 Å². The monoisotopic (exact) mass is 352 g/mol. The second kappa shape index (κ2) is 7.52. The molecule has 0 fully saturated rings. The summed E-state index contributed by atoms with van der Waals surface area (Å²) in [6.45, 7) is 0. The Morgan fingerprint density at radius 2 is 1.69 bits per heavy atom. The van der Waals surface area contributed by atoms with Crippen LogP contribution in [0.2, 0.25) is 0 Å². The molecule has 0 aliphatic heterocycles. The van der Waals surface area contributed by atoms with Crippen LogP contribution in [0.3, 0.4) is 0 Å². The summed E-state index contributed by atoms with van der Waals surface area (Å²) < 4.78 is 10.1. The number of hydrogen-bond donors (Lipinski definition) is 1. The van der Waals surface area contributed by atoms with Crippen LogP contribution in [0.4, 0.5) is 5.88 Å². The third-order valence-corrected chi connectivity index (χ3v) is 3.85. The number of ether oxygens (including phenoxy) is 1. The van der Waals surface area contributed by atoms with E-state index in [-0.39, 0.29) is 5.76 Å². The third-order valence-electron chi connectivity index (χ3n) is 3.85. The highest BCUT2D eigenvalue weighted by atomic mass is 16.6. The van der Waals surface area contributed by atoms with Crippen LogP contribution < -0.4 is 10.1 Å². The second-order valence-corrected chi connectivity index (χ2v) is 5.49. The van der Waals surface area contributed by atoms with E-state index in [1.807, 2.05) is 42.5 Å². The molecule has 7 nitrogen and oxygen atoms in total. The van der Waals surface area contributed by atoms with Gasteiger partial charge in [-0.25, -0.2) is 0 Å². The van der Waals surface area contributed by atoms with Gasteiger partial charge in [-0.05, 0) is 29.3 Å². The molecule has 1 amide bonds. The van der Waals surface area contributed by atoms with Crippen LogP contribution >= 0.6 is 0 Å². The van der Waals surface area contributed by atoms with Crippen molar-refractivity contribution in [2.24, 2.45) is 0 Å². The SMILES string of the molecule is COc1ccc(C(NC(=O)c2ccc([N+](=O)[O-])o2)c2ccccc2)cc1. The van der Waals surface area contributed by atoms with Crippen LogP contribution in [0, 0.1) is 10.1 Å². The Labute approximate surface area is 149 Å². The zero-order valence-corrected chi connectivity index (χ0v) is 13.9. The number of carbonyl (C=O) groups is 1. The van der Waals surface area contributed by atoms with Crippen molar-refractivity contribution >= 4 is 11.8 Å². The van der Waals surface area contributed by atoms with Gasteiger partial charge in [0.1, 0.15) is 10.7 Å². The fourth-order valence-electron chi connectivity index (χ4n) is 2.55. The molecule has 0 radical (unpaired) electrons. The zero-order chi connectivity index (χ0) is 18.5. The van der Waals surface area contributed by atoms with E-state index in [9.17, 15) is 14.9 Å². The summed E-state index contributed by atoms with van der Waals surface area (Å²) in [5.74, 6) is -0.432. The Morgan fingerprint density at radius 3 is 2.27 bits per heavy atom. The predicted molar refractivity (Wildman–Crippen MR) is 94.1 cm³/mol. The van der Waals surface area contributed by atoms with E-state index in [2.05, 4.69) is 5.32 Å². The van der Waals surface area contributed by atoms with Gasteiger partial charge < -0.3 is 14.5 Å². The molecular weight excluding hydrogens is 336 g/mol. The van der Waals surface area contributed by atoms with Gasteiger partial charge in [-0.2, -0.15) is 0 Å². The number of furan rings is 1. The van der Waals surface area contributed by atoms with Crippen LogP contribution in [0.25, 0.3) is 0 Å². The van der Waals surface area contributed by atoms with Crippen molar-refractivity contribution in [3.8, 4) is 5.75 Å². The summed E-state index contributed by atoms with van der Waals surface area (Å²) in [4.78, 5) is 22.6. The first-order valence-corrected chi connectivity index (χ1v) is 7.82. The molecule has 0 saturated heterocycles. The lowest BCUT2D eigenvalue weighted by Gasteiger charge is -2.19. The summed E-state index contributed by atoms with van der Waals surface area (Å²) >= 11 is 0. The van der Waals surface area contributed by atoms with Crippen molar-refractivity contribution in [2.45, 2.75) is 6.04 Å². The minimum Gasteiger partial charge on any atom is -0.497 e. The Balaban J connectivity index is 1.90. The molecule has 0 bridgehead atoms. The van der Waals surface area contributed by atoms with E-state index in [0.29, 0.717) is 5.75 Å². The van der Waals surface area contributed by atoms with Crippen LogP contribution in [0.15, 0.2) is 71.1 Å². The van der Waals surface area contributed by atoms with Gasteiger partial charge in [0.2, 0.25) is 0 Å². The van der Waals surface area contributed by atoms with Crippen molar-refractivity contribution < 1.29 is 18.9 Å². The van der Waals surface area contributed by atoms with Gasteiger partial charge in [0.25, 0.3) is 5.91 Å². The van der Waals surface area contributed by atoms with Gasteiger partial charge in [-0.1, -0.05) is 42.5 Å². The minimum absolute atomic E-state index is 0.119. The summed E-state index contributed by atoms with van der Waals surface area (Å²) in [6, 6.07) is 18.7. The number of rotatable bonds is 6. The van der Waals surface area contributed by atoms with Crippen LogP contribution in [-0.2, 0) is 0 Å². The van der Waals surface area contributed by atoms with E-state index in [1.165, 1.54) is 6.07 Å². The van der Waals surface area contributed by atoms with Gasteiger partial charge in [0.15, 0.2) is 5.76 Å². The lowest BCUT2D eigenvalue weighted by molar-refractivity contribution is -0.402. The average Bonchev–Trinajstić information content (AvgIpc) is 3.17. The number of nitrogens with one attached hydrogen (secondary N) is 1. The average molecular weight is 352 g/mol. The quantitative estimate of drug-likeness (QED) is 0.539. The maximum Gasteiger partial charge on any atom is 0.433 e. The number of amides is 1. The van der Waals surface area contributed by atoms with E-state index >= 15 is 0 Å². The van der Waals surface area contributed by atoms with E-state index < -0.39 is 22.8 Å². The second-order valence-electron chi connectivity index (χ2n) is 5.49. The Hall–Kier alpha value is -3.61. The topological polar surface area (TPSA) is 94.6 Å². The number of benzene rings is 2. The molecule has 26 heavy (non-hydrogen) atoms. The molecule has 7 heteroatoms. The summed E-state index contributed by atoms with van der Waals surface area (Å²) in [5, 5.41) is 13.6. The molecule has 1 N–H and O–H groups in total. The van der Waals surface area contributed by atoms with Gasteiger partial charge >= 0.3 is 5.88 Å². The highest BCUT2D eigenvalue weighted by molar-refractivity contribution is 5.92. The molecule has 0 aliphatic carbocycles. The summed E-state index contributed by atoms with van der Waals surface area (Å²) in [5.41, 5.74) is 1.71. The van der Waals surface area contributed by atoms with Gasteiger partial charge in [0.05, 0.1) is 19.2 Å². The van der Waals surface area contributed by atoms with Crippen molar-refractivity contribution in [3.63, 3.8) is 0 Å². The van der Waals surface area contributed by atoms with Crippen LogP contribution in [0.1, 0.15) is 27.7 Å². The predicted octanol–water partition coefficient (Wildman–Crippen LogP) is 3.72. The van der Waals surface area contributed by atoms with Gasteiger partial charge in [-0.3, -0.25) is 14.9 Å². The number of methoxy groups -OCH3 is 1. The molecule has 2 aromatic carbocycles. The van der Waals surface area contributed by atoms with Crippen LogP contribution in [0.5, 0.6) is 5.75 Å². The fourth-order valence-corrected chi connectivity index (χ4v) is 2.55. The molecule has 3 rings (SSSR count). The molecule has 0 spiro atoms. The maximum absolute atomic E-state index is 12.5. The first kappa shape index (κ1) is 17.2. The number of hydrogen-bond acceptors (Lipinski definition) is 5. The molecule has 1 heterocycles. The van der Waals surface area contributed by atoms with Crippen LogP contribution in [-0.4, -0.2) is 17.9 Å². The molecule has 1 unspecified atom stereocenters. The van der Waals surface area contributed by atoms with Crippen molar-refractivity contribution in [1.82, 2.24) is 5.32 Å². The lowest BCUT2D eigenvalue weighted by atomic mass is 9.98. The standard InChI is InChI=1S/C19H16N2O5/c1-25-15-9-7-14(8-10-15)18(13-5-3-2-4-6-13)20-19(22)16-11-12-17(26-16)21(23)24/h2-12,18H,1H3,(H,20,22). The summed E-state index contributed by atoms with van der Waals surface area (Å²) in [7, 11) is 1.58. The lowest BCUT2D eigenvalue weighted by Crippen LogP contribution is -2.29. The molecule has 132 valence electrons. The molecule has 1 aromatic heterocycles. The zero-order valence-electron chi connectivity index (χ0n) is 13.9. The van der Waals surface area contributed by atoms with Crippen molar-refractivity contribution in [3.05, 3.63) is 93.7 Å². The minimum atomic E-state index is -0.686. The fraction of sp³-hybridized carbons (Fsp3) is 0.105. The molecule has 3 aromatic rings. The Bertz CT molecular complexity index is 903. The molecule has 0 saturated carbocycles. The van der Waals surface area contributed by atoms with Crippen molar-refractivity contribution in [2.75, 3.05) is 7.11 Å². The molecule has 1 atom stereocenters. The smallest absolute Gasteiger partial charge is 0.433 e. The normalized spacial score (nSPS) is 11.6. The molecule has 0 aliphatic rings. The largest absolute Gasteiger partial charge is 0.497 e. The van der Waals surface area contributed by atoms with Crippen molar-refractivity contribution in [1.29, 1.82) is 0 Å². The molecular formula is C19H16N2O5. The highest BCUT2D eigenvalue weighted by Crippen LogP contribution is 2.25. The van der Waals surface area contributed by atoms with E-state index in [1.54, 1.807) is 19.2 Å². The number of carbonyl (C=O) groups excluding carboxylic acids is 1. The first-order chi connectivity index (χ1) is 12.6. The Kier molecular flexibility index (Phi) is 4.98. The first-order valence-electron chi connectivity index (χ1n) is 7.82. The Morgan fingerprint density at radius 1 is 1.04 bits per heavy atom. The van der Waals surface area contributed by atoms with Gasteiger partial charge in [-0.15, -0.1) is 0 Å². The highest BCUT2D eigenvalue weighted by Gasteiger charge is 2.22. The van der Waals surface area contributed by atoms with E-state index in [0.717, 1.165) is 17.2 Å².